The molecule has 0 unspecified atom stereocenters. The number of phenolic OH excluding ortho intramolecular Hbond substituents is 1. The molecule has 2 aromatic carbocycles. The molecule has 1 aromatic heterocycles. The Kier molecular flexibility index (Phi) is 3.39. The summed E-state index contributed by atoms with van der Waals surface area (Å²) in [6.07, 6.45) is 0. The van der Waals surface area contributed by atoms with E-state index in [1.165, 1.54) is 25.1 Å². The number of esters is 1. The summed E-state index contributed by atoms with van der Waals surface area (Å²) in [6.45, 7) is 1.26. The molecule has 0 amide bonds. The van der Waals surface area contributed by atoms with Crippen LogP contribution in [0.25, 0.3) is 11.0 Å². The summed E-state index contributed by atoms with van der Waals surface area (Å²) in [7, 11) is 0. The second-order valence-electron chi connectivity index (χ2n) is 4.75. The van der Waals surface area contributed by atoms with Crippen molar-refractivity contribution >= 4 is 22.7 Å². The maximum Gasteiger partial charge on any atom is 0.308 e. The van der Waals surface area contributed by atoms with Crippen LogP contribution < -0.4 is 4.74 Å². The Bertz CT molecular complexity index is 861. The molecule has 3 aromatic rings. The SMILES string of the molecule is CC(=O)Oc1cc(O)c2cc(C(=O)c3ccccc3)oc2c1. The van der Waals surface area contributed by atoms with E-state index in [0.29, 0.717) is 10.9 Å². The highest BCUT2D eigenvalue weighted by molar-refractivity contribution is 6.09. The highest BCUT2D eigenvalue weighted by Gasteiger charge is 2.17. The van der Waals surface area contributed by atoms with E-state index < -0.39 is 5.97 Å². The van der Waals surface area contributed by atoms with Crippen LogP contribution in [0.2, 0.25) is 0 Å². The molecule has 0 bridgehead atoms. The minimum absolute atomic E-state index is 0.108. The lowest BCUT2D eigenvalue weighted by molar-refractivity contribution is -0.131. The number of carbonyl (C=O) groups excluding carboxylic acids is 2. The van der Waals surface area contributed by atoms with Crippen LogP contribution in [0.15, 0.2) is 52.9 Å². The third-order valence-electron chi connectivity index (χ3n) is 3.11. The predicted molar refractivity (Wildman–Crippen MR) is 79.1 cm³/mol. The Balaban J connectivity index is 2.04. The van der Waals surface area contributed by atoms with Crippen LogP contribution in [-0.2, 0) is 4.79 Å². The summed E-state index contributed by atoms with van der Waals surface area (Å²) >= 11 is 0. The first-order valence-corrected chi connectivity index (χ1v) is 6.59. The molecular formula is C17H12O5. The summed E-state index contributed by atoms with van der Waals surface area (Å²) in [5.74, 6) is -0.650. The molecule has 0 atom stereocenters. The molecule has 0 spiro atoms. The number of carbonyl (C=O) groups is 2. The van der Waals surface area contributed by atoms with Gasteiger partial charge in [0, 0.05) is 24.6 Å². The molecular weight excluding hydrogens is 284 g/mol. The van der Waals surface area contributed by atoms with Crippen LogP contribution in [-0.4, -0.2) is 16.9 Å². The van der Waals surface area contributed by atoms with Gasteiger partial charge in [-0.15, -0.1) is 0 Å². The van der Waals surface area contributed by atoms with Gasteiger partial charge in [0.25, 0.3) is 0 Å². The number of ether oxygens (including phenoxy) is 1. The molecule has 0 aliphatic heterocycles. The first-order valence-electron chi connectivity index (χ1n) is 6.59. The van der Waals surface area contributed by atoms with Crippen LogP contribution in [0, 0.1) is 0 Å². The summed E-state index contributed by atoms with van der Waals surface area (Å²) in [6, 6.07) is 12.9. The Morgan fingerprint density at radius 1 is 1.09 bits per heavy atom. The van der Waals surface area contributed by atoms with Crippen molar-refractivity contribution in [1.82, 2.24) is 0 Å². The minimum atomic E-state index is -0.508. The fourth-order valence-corrected chi connectivity index (χ4v) is 2.16. The van der Waals surface area contributed by atoms with Crippen LogP contribution in [0.3, 0.4) is 0 Å². The molecule has 0 saturated carbocycles. The van der Waals surface area contributed by atoms with E-state index in [1.54, 1.807) is 24.3 Å². The predicted octanol–water partition coefficient (Wildman–Crippen LogP) is 3.29. The highest BCUT2D eigenvalue weighted by Crippen LogP contribution is 2.33. The average molecular weight is 296 g/mol. The monoisotopic (exact) mass is 296 g/mol. The van der Waals surface area contributed by atoms with Gasteiger partial charge >= 0.3 is 5.97 Å². The fourth-order valence-electron chi connectivity index (χ4n) is 2.16. The number of fused-ring (bicyclic) bond motifs is 1. The van der Waals surface area contributed by atoms with Gasteiger partial charge in [-0.05, 0) is 6.07 Å². The molecule has 1 heterocycles. The van der Waals surface area contributed by atoms with E-state index in [2.05, 4.69) is 0 Å². The number of rotatable bonds is 3. The summed E-state index contributed by atoms with van der Waals surface area (Å²) < 4.78 is 10.4. The quantitative estimate of drug-likeness (QED) is 0.456. The number of hydrogen-bond donors (Lipinski definition) is 1. The lowest BCUT2D eigenvalue weighted by Crippen LogP contribution is -2.00. The van der Waals surface area contributed by atoms with Crippen molar-refractivity contribution in [2.75, 3.05) is 0 Å². The van der Waals surface area contributed by atoms with Crippen LogP contribution in [0.4, 0.5) is 0 Å². The number of ketones is 1. The lowest BCUT2D eigenvalue weighted by atomic mass is 10.1. The average Bonchev–Trinajstić information content (AvgIpc) is 2.91. The van der Waals surface area contributed by atoms with Crippen molar-refractivity contribution in [3.05, 3.63) is 59.9 Å². The van der Waals surface area contributed by atoms with Crippen molar-refractivity contribution in [2.45, 2.75) is 6.92 Å². The summed E-state index contributed by atoms with van der Waals surface area (Å²) in [5.41, 5.74) is 0.761. The first-order chi connectivity index (χ1) is 10.5. The summed E-state index contributed by atoms with van der Waals surface area (Å²) in [5, 5.41) is 10.4. The maximum absolute atomic E-state index is 12.3. The second-order valence-corrected chi connectivity index (χ2v) is 4.75. The van der Waals surface area contributed by atoms with Crippen molar-refractivity contribution in [3.8, 4) is 11.5 Å². The van der Waals surface area contributed by atoms with Gasteiger partial charge in [0.15, 0.2) is 5.76 Å². The fraction of sp³-hybridized carbons (Fsp3) is 0.0588. The van der Waals surface area contributed by atoms with Gasteiger partial charge in [-0.3, -0.25) is 9.59 Å². The molecule has 0 saturated heterocycles. The zero-order chi connectivity index (χ0) is 15.7. The van der Waals surface area contributed by atoms with E-state index in [1.807, 2.05) is 6.07 Å². The largest absolute Gasteiger partial charge is 0.507 e. The van der Waals surface area contributed by atoms with Gasteiger partial charge < -0.3 is 14.3 Å². The number of hydrogen-bond acceptors (Lipinski definition) is 5. The third kappa shape index (κ3) is 2.56. The molecule has 0 fully saturated rings. The third-order valence-corrected chi connectivity index (χ3v) is 3.11. The molecule has 110 valence electrons. The van der Waals surface area contributed by atoms with Crippen molar-refractivity contribution in [1.29, 1.82) is 0 Å². The summed E-state index contributed by atoms with van der Waals surface area (Å²) in [4.78, 5) is 23.3. The lowest BCUT2D eigenvalue weighted by Gasteiger charge is -2.01. The molecule has 0 aliphatic carbocycles. The number of benzene rings is 2. The van der Waals surface area contributed by atoms with Crippen LogP contribution in [0.5, 0.6) is 11.5 Å². The van der Waals surface area contributed by atoms with E-state index in [9.17, 15) is 14.7 Å². The van der Waals surface area contributed by atoms with E-state index in [4.69, 9.17) is 9.15 Å². The van der Waals surface area contributed by atoms with E-state index in [-0.39, 0.29) is 28.6 Å². The van der Waals surface area contributed by atoms with Crippen molar-refractivity contribution in [2.24, 2.45) is 0 Å². The molecule has 5 nitrogen and oxygen atoms in total. The molecule has 3 rings (SSSR count). The topological polar surface area (TPSA) is 76.7 Å². The minimum Gasteiger partial charge on any atom is -0.507 e. The Labute approximate surface area is 125 Å². The van der Waals surface area contributed by atoms with Crippen LogP contribution >= 0.6 is 0 Å². The number of phenols is 1. The molecule has 1 N–H and O–H groups in total. The standard InChI is InChI=1S/C17H12O5/c1-10(18)21-12-7-14(19)13-9-16(22-15(13)8-12)17(20)11-5-3-2-4-6-11/h2-9,19H,1H3. The second kappa shape index (κ2) is 5.37. The van der Waals surface area contributed by atoms with Gasteiger partial charge in [0.2, 0.25) is 5.78 Å². The van der Waals surface area contributed by atoms with Crippen molar-refractivity contribution < 1.29 is 23.8 Å². The van der Waals surface area contributed by atoms with E-state index in [0.717, 1.165) is 0 Å². The van der Waals surface area contributed by atoms with Gasteiger partial charge in [-0.25, -0.2) is 0 Å². The zero-order valence-corrected chi connectivity index (χ0v) is 11.7. The number of furan rings is 1. The van der Waals surface area contributed by atoms with Gasteiger partial charge in [-0.1, -0.05) is 30.3 Å². The highest BCUT2D eigenvalue weighted by atomic mass is 16.5. The zero-order valence-electron chi connectivity index (χ0n) is 11.7. The molecule has 0 radical (unpaired) electrons. The van der Waals surface area contributed by atoms with Crippen LogP contribution in [0.1, 0.15) is 23.0 Å². The molecule has 5 heteroatoms. The number of aromatic hydroxyl groups is 1. The van der Waals surface area contributed by atoms with Gasteiger partial charge in [0.05, 0.1) is 5.39 Å². The Hall–Kier alpha value is -3.08. The molecule has 0 aliphatic rings. The van der Waals surface area contributed by atoms with E-state index >= 15 is 0 Å². The Morgan fingerprint density at radius 3 is 2.50 bits per heavy atom. The first kappa shape index (κ1) is 13.9. The Morgan fingerprint density at radius 2 is 1.82 bits per heavy atom. The van der Waals surface area contributed by atoms with Gasteiger partial charge in [-0.2, -0.15) is 0 Å². The van der Waals surface area contributed by atoms with Gasteiger partial charge in [0.1, 0.15) is 17.1 Å². The molecule has 22 heavy (non-hydrogen) atoms. The smallest absolute Gasteiger partial charge is 0.308 e. The maximum atomic E-state index is 12.3. The normalized spacial score (nSPS) is 10.6. The van der Waals surface area contributed by atoms with Crippen molar-refractivity contribution in [3.63, 3.8) is 0 Å².